The van der Waals surface area contributed by atoms with Gasteiger partial charge in [-0.05, 0) is 29.8 Å². The highest BCUT2D eigenvalue weighted by Crippen LogP contribution is 2.15. The number of hydrogen-bond donors (Lipinski definition) is 2. The second-order valence-corrected chi connectivity index (χ2v) is 6.00. The zero-order valence-electron chi connectivity index (χ0n) is 12.7. The molecule has 1 aromatic heterocycles. The van der Waals surface area contributed by atoms with Crippen LogP contribution >= 0.6 is 15.9 Å². The molecule has 5 nitrogen and oxygen atoms in total. The van der Waals surface area contributed by atoms with Gasteiger partial charge in [0, 0.05) is 22.8 Å². The van der Waals surface area contributed by atoms with Crippen molar-refractivity contribution in [1.82, 2.24) is 9.97 Å². The average Bonchev–Trinajstić information content (AvgIpc) is 2.63. The molecular formula is C18H15BrN4O. The van der Waals surface area contributed by atoms with Crippen LogP contribution in [0.5, 0.6) is 0 Å². The van der Waals surface area contributed by atoms with E-state index in [2.05, 4.69) is 36.5 Å². The quantitative estimate of drug-likeness (QED) is 0.696. The van der Waals surface area contributed by atoms with Crippen molar-refractivity contribution in [1.29, 1.82) is 0 Å². The fraction of sp³-hybridized carbons (Fsp3) is 0.0556. The Morgan fingerprint density at radius 1 is 1.00 bits per heavy atom. The number of carbonyl (C=O) groups is 1. The van der Waals surface area contributed by atoms with Gasteiger partial charge in [-0.15, -0.1) is 0 Å². The monoisotopic (exact) mass is 382 g/mol. The number of hydrogen-bond acceptors (Lipinski definition) is 4. The lowest BCUT2D eigenvalue weighted by Gasteiger charge is -2.08. The largest absolute Gasteiger partial charge is 0.366 e. The molecule has 0 saturated heterocycles. The summed E-state index contributed by atoms with van der Waals surface area (Å²) in [6.07, 6.45) is 1.38. The first-order chi connectivity index (χ1) is 11.7. The normalized spacial score (nSPS) is 10.2. The second kappa shape index (κ2) is 7.70. The average molecular weight is 383 g/mol. The Labute approximate surface area is 148 Å². The van der Waals surface area contributed by atoms with Crippen molar-refractivity contribution < 1.29 is 4.79 Å². The number of anilines is 2. The van der Waals surface area contributed by atoms with Gasteiger partial charge in [-0.1, -0.05) is 46.3 Å². The third-order valence-corrected chi connectivity index (χ3v) is 3.85. The molecule has 24 heavy (non-hydrogen) atoms. The van der Waals surface area contributed by atoms with Crippen molar-refractivity contribution in [3.8, 4) is 0 Å². The lowest BCUT2D eigenvalue weighted by molar-refractivity contribution is 0.102. The number of benzene rings is 2. The number of aromatic nitrogens is 2. The zero-order chi connectivity index (χ0) is 16.8. The number of halogens is 1. The molecule has 0 aliphatic carbocycles. The van der Waals surface area contributed by atoms with E-state index in [0.29, 0.717) is 23.7 Å². The van der Waals surface area contributed by atoms with Gasteiger partial charge in [0.1, 0.15) is 17.8 Å². The van der Waals surface area contributed by atoms with Crippen molar-refractivity contribution in [2.45, 2.75) is 6.54 Å². The highest BCUT2D eigenvalue weighted by Gasteiger charge is 2.09. The molecule has 1 heterocycles. The molecule has 0 radical (unpaired) electrons. The molecule has 0 fully saturated rings. The SMILES string of the molecule is O=C(Nc1ccc(Br)cc1)c1cc(NCc2ccccc2)ncn1. The molecule has 0 aliphatic rings. The topological polar surface area (TPSA) is 66.9 Å². The minimum Gasteiger partial charge on any atom is -0.366 e. The van der Waals surface area contributed by atoms with Gasteiger partial charge in [-0.3, -0.25) is 4.79 Å². The molecule has 1 amide bonds. The fourth-order valence-electron chi connectivity index (χ4n) is 2.09. The summed E-state index contributed by atoms with van der Waals surface area (Å²) in [4.78, 5) is 20.5. The van der Waals surface area contributed by atoms with Crippen molar-refractivity contribution >= 4 is 33.3 Å². The molecule has 0 atom stereocenters. The van der Waals surface area contributed by atoms with Crippen LogP contribution in [0, 0.1) is 0 Å². The lowest BCUT2D eigenvalue weighted by Crippen LogP contribution is -2.14. The Bertz CT molecular complexity index is 822. The van der Waals surface area contributed by atoms with E-state index in [1.54, 1.807) is 6.07 Å². The smallest absolute Gasteiger partial charge is 0.274 e. The minimum atomic E-state index is -0.275. The highest BCUT2D eigenvalue weighted by atomic mass is 79.9. The van der Waals surface area contributed by atoms with Crippen LogP contribution in [0.4, 0.5) is 11.5 Å². The van der Waals surface area contributed by atoms with Gasteiger partial charge < -0.3 is 10.6 Å². The Hall–Kier alpha value is -2.73. The molecule has 2 aromatic carbocycles. The van der Waals surface area contributed by atoms with Crippen molar-refractivity contribution in [3.63, 3.8) is 0 Å². The van der Waals surface area contributed by atoms with Crippen LogP contribution in [0.2, 0.25) is 0 Å². The molecule has 0 saturated carbocycles. The van der Waals surface area contributed by atoms with E-state index in [0.717, 1.165) is 10.0 Å². The molecule has 0 spiro atoms. The van der Waals surface area contributed by atoms with Gasteiger partial charge in [0.05, 0.1) is 0 Å². The summed E-state index contributed by atoms with van der Waals surface area (Å²) in [6, 6.07) is 19.0. The molecule has 120 valence electrons. The number of rotatable bonds is 5. The first-order valence-electron chi connectivity index (χ1n) is 7.37. The highest BCUT2D eigenvalue weighted by molar-refractivity contribution is 9.10. The van der Waals surface area contributed by atoms with Crippen LogP contribution in [-0.4, -0.2) is 15.9 Å². The van der Waals surface area contributed by atoms with Gasteiger partial charge >= 0.3 is 0 Å². The molecule has 0 bridgehead atoms. The Kier molecular flexibility index (Phi) is 5.18. The number of nitrogens with zero attached hydrogens (tertiary/aromatic N) is 2. The first-order valence-corrected chi connectivity index (χ1v) is 8.17. The molecule has 2 N–H and O–H groups in total. The van der Waals surface area contributed by atoms with Crippen LogP contribution in [0.3, 0.4) is 0 Å². The molecule has 6 heteroatoms. The summed E-state index contributed by atoms with van der Waals surface area (Å²) in [6.45, 7) is 0.631. The third kappa shape index (κ3) is 4.39. The number of amides is 1. The van der Waals surface area contributed by atoms with Crippen LogP contribution < -0.4 is 10.6 Å². The van der Waals surface area contributed by atoms with Gasteiger partial charge in [0.15, 0.2) is 0 Å². The van der Waals surface area contributed by atoms with E-state index in [-0.39, 0.29) is 5.91 Å². The number of nitrogens with one attached hydrogen (secondary N) is 2. The maximum absolute atomic E-state index is 12.3. The van der Waals surface area contributed by atoms with E-state index in [9.17, 15) is 4.79 Å². The van der Waals surface area contributed by atoms with E-state index < -0.39 is 0 Å². The predicted molar refractivity (Wildman–Crippen MR) is 97.9 cm³/mol. The maximum Gasteiger partial charge on any atom is 0.274 e. The summed E-state index contributed by atoms with van der Waals surface area (Å²) < 4.78 is 0.954. The Morgan fingerprint density at radius 2 is 1.75 bits per heavy atom. The van der Waals surface area contributed by atoms with Crippen molar-refractivity contribution in [2.24, 2.45) is 0 Å². The fourth-order valence-corrected chi connectivity index (χ4v) is 2.36. The van der Waals surface area contributed by atoms with Gasteiger partial charge in [-0.2, -0.15) is 0 Å². The zero-order valence-corrected chi connectivity index (χ0v) is 14.3. The summed E-state index contributed by atoms with van der Waals surface area (Å²) in [7, 11) is 0. The van der Waals surface area contributed by atoms with Gasteiger partial charge in [0.2, 0.25) is 0 Å². The van der Waals surface area contributed by atoms with E-state index in [1.165, 1.54) is 6.33 Å². The standard InChI is InChI=1S/C18H15BrN4O/c19-14-6-8-15(9-7-14)23-18(24)16-10-17(22-12-21-16)20-11-13-4-2-1-3-5-13/h1-10,12H,11H2,(H,23,24)(H,20,21,22). The van der Waals surface area contributed by atoms with Crippen LogP contribution in [0.25, 0.3) is 0 Å². The minimum absolute atomic E-state index is 0.275. The lowest BCUT2D eigenvalue weighted by atomic mass is 10.2. The summed E-state index contributed by atoms with van der Waals surface area (Å²) in [5, 5.41) is 6.00. The van der Waals surface area contributed by atoms with E-state index >= 15 is 0 Å². The molecule has 0 unspecified atom stereocenters. The van der Waals surface area contributed by atoms with Crippen LogP contribution in [0.1, 0.15) is 16.1 Å². The van der Waals surface area contributed by atoms with E-state index in [1.807, 2.05) is 54.6 Å². The molecular weight excluding hydrogens is 368 g/mol. The Morgan fingerprint density at radius 3 is 2.50 bits per heavy atom. The van der Waals surface area contributed by atoms with Crippen LogP contribution in [0.15, 0.2) is 71.5 Å². The Balaban J connectivity index is 1.65. The first kappa shape index (κ1) is 16.1. The summed E-state index contributed by atoms with van der Waals surface area (Å²) in [5.74, 6) is 0.331. The molecule has 3 rings (SSSR count). The van der Waals surface area contributed by atoms with Crippen LogP contribution in [-0.2, 0) is 6.54 Å². The predicted octanol–water partition coefficient (Wildman–Crippen LogP) is 4.10. The van der Waals surface area contributed by atoms with Gasteiger partial charge in [0.25, 0.3) is 5.91 Å². The van der Waals surface area contributed by atoms with Gasteiger partial charge in [-0.25, -0.2) is 9.97 Å². The van der Waals surface area contributed by atoms with E-state index in [4.69, 9.17) is 0 Å². The van der Waals surface area contributed by atoms with Crippen molar-refractivity contribution in [3.05, 3.63) is 82.7 Å². The van der Waals surface area contributed by atoms with Crippen molar-refractivity contribution in [2.75, 3.05) is 10.6 Å². The summed E-state index contributed by atoms with van der Waals surface area (Å²) in [5.41, 5.74) is 2.15. The summed E-state index contributed by atoms with van der Waals surface area (Å²) >= 11 is 3.36. The molecule has 3 aromatic rings. The maximum atomic E-state index is 12.3. The second-order valence-electron chi connectivity index (χ2n) is 5.09. The molecule has 0 aliphatic heterocycles. The third-order valence-electron chi connectivity index (χ3n) is 3.32. The number of carbonyl (C=O) groups excluding carboxylic acids is 1.